The molecule has 4 N–H and O–H groups in total. The molecule has 9 heteroatoms. The van der Waals surface area contributed by atoms with E-state index in [0.29, 0.717) is 37.1 Å². The summed E-state index contributed by atoms with van der Waals surface area (Å²) in [6.07, 6.45) is 1.00. The summed E-state index contributed by atoms with van der Waals surface area (Å²) in [6, 6.07) is 5.85. The van der Waals surface area contributed by atoms with E-state index in [1.165, 1.54) is 0 Å². The molecule has 0 radical (unpaired) electrons. The van der Waals surface area contributed by atoms with E-state index in [0.717, 1.165) is 0 Å². The Morgan fingerprint density at radius 1 is 1.43 bits per heavy atom. The van der Waals surface area contributed by atoms with E-state index in [1.807, 2.05) is 0 Å². The van der Waals surface area contributed by atoms with Crippen LogP contribution in [0.15, 0.2) is 29.4 Å². The number of amides is 1. The van der Waals surface area contributed by atoms with E-state index in [-0.39, 0.29) is 6.61 Å². The van der Waals surface area contributed by atoms with Gasteiger partial charge in [-0.25, -0.2) is 4.79 Å². The molecule has 1 amide bonds. The molecule has 0 spiro atoms. The maximum absolute atomic E-state index is 11.5. The van der Waals surface area contributed by atoms with Crippen LogP contribution in [0.3, 0.4) is 0 Å². The van der Waals surface area contributed by atoms with Crippen LogP contribution in [0.2, 0.25) is 0 Å². The van der Waals surface area contributed by atoms with Crippen molar-refractivity contribution in [2.75, 3.05) is 6.54 Å². The van der Waals surface area contributed by atoms with Gasteiger partial charge in [0.25, 0.3) is 0 Å². The molecule has 124 valence electrons. The predicted octanol–water partition coefficient (Wildman–Crippen LogP) is 2.44. The number of hydrogen-bond acceptors (Lipinski definition) is 5. The fourth-order valence-corrected chi connectivity index (χ4v) is 1.76. The molecule has 1 unspecified atom stereocenters. The molecule has 0 bridgehead atoms. The fraction of sp³-hybridized carbons (Fsp3) is 0.429. The summed E-state index contributed by atoms with van der Waals surface area (Å²) in [7, 11) is 0. The van der Waals surface area contributed by atoms with Crippen molar-refractivity contribution in [2.24, 2.45) is 10.8 Å². The first-order valence-electron chi connectivity index (χ1n) is 7.06. The van der Waals surface area contributed by atoms with Crippen molar-refractivity contribution in [3.63, 3.8) is 0 Å². The minimum atomic E-state index is -1.03. The molecule has 0 saturated heterocycles. The Bertz CT molecular complexity index is 586. The van der Waals surface area contributed by atoms with Crippen LogP contribution in [0.25, 0.3) is 10.4 Å². The number of benzene rings is 1. The van der Waals surface area contributed by atoms with Gasteiger partial charge in [-0.1, -0.05) is 23.3 Å². The second kappa shape index (κ2) is 10.0. The highest BCUT2D eigenvalue weighted by Gasteiger charge is 2.10. The molecule has 0 aliphatic heterocycles. The third-order valence-electron chi connectivity index (χ3n) is 2.97. The number of azide groups is 1. The van der Waals surface area contributed by atoms with Gasteiger partial charge in [0.05, 0.1) is 0 Å². The van der Waals surface area contributed by atoms with Crippen LogP contribution in [0, 0.1) is 0 Å². The average molecular weight is 321 g/mol. The number of alkyl carbamates (subject to hydrolysis) is 1. The van der Waals surface area contributed by atoms with Crippen LogP contribution in [-0.4, -0.2) is 29.8 Å². The molecule has 0 aromatic heterocycles. The van der Waals surface area contributed by atoms with Crippen LogP contribution < -0.4 is 11.1 Å². The van der Waals surface area contributed by atoms with Gasteiger partial charge in [0.1, 0.15) is 12.6 Å². The van der Waals surface area contributed by atoms with Crippen molar-refractivity contribution in [2.45, 2.75) is 31.9 Å². The minimum absolute atomic E-state index is 0.0600. The molecule has 1 rings (SSSR count). The molecule has 0 heterocycles. The average Bonchev–Trinajstić information content (AvgIpc) is 2.53. The van der Waals surface area contributed by atoms with Gasteiger partial charge in [-0.15, -0.1) is 0 Å². The predicted molar refractivity (Wildman–Crippen MR) is 82.9 cm³/mol. The lowest BCUT2D eigenvalue weighted by Crippen LogP contribution is -2.30. The second-order valence-electron chi connectivity index (χ2n) is 4.80. The standard InChI is InChI=1S/C14H19N5O4/c15-12(13(20)21)6-1-2-7-17-14(22)23-9-10-4-3-5-11(8-10)18-19-16/h3-5,8,12H,1-2,6-7,9,15H2,(H,17,22)(H,20,21). The van der Waals surface area contributed by atoms with Crippen LogP contribution in [-0.2, 0) is 16.1 Å². The first-order valence-corrected chi connectivity index (χ1v) is 7.06. The van der Waals surface area contributed by atoms with Crippen molar-refractivity contribution in [3.05, 3.63) is 40.3 Å². The number of carbonyl (C=O) groups excluding carboxylic acids is 1. The van der Waals surface area contributed by atoms with E-state index in [9.17, 15) is 9.59 Å². The SMILES string of the molecule is [N-]=[N+]=Nc1cccc(COC(=O)NCCCCC(N)C(=O)O)c1. The highest BCUT2D eigenvalue weighted by Crippen LogP contribution is 2.14. The number of rotatable bonds is 9. The minimum Gasteiger partial charge on any atom is -0.480 e. The Balaban J connectivity index is 2.21. The Hall–Kier alpha value is -2.77. The molecular formula is C14H19N5O4. The number of nitrogens with one attached hydrogen (secondary N) is 1. The lowest BCUT2D eigenvalue weighted by atomic mass is 10.1. The number of nitrogens with zero attached hydrogens (tertiary/aromatic N) is 3. The zero-order valence-electron chi connectivity index (χ0n) is 12.5. The molecule has 0 aliphatic carbocycles. The monoisotopic (exact) mass is 321 g/mol. The number of hydrogen-bond donors (Lipinski definition) is 3. The maximum atomic E-state index is 11.5. The van der Waals surface area contributed by atoms with Crippen LogP contribution in [0.5, 0.6) is 0 Å². The van der Waals surface area contributed by atoms with Gasteiger partial charge in [-0.2, -0.15) is 0 Å². The summed E-state index contributed by atoms with van der Waals surface area (Å²) < 4.78 is 5.02. The fourth-order valence-electron chi connectivity index (χ4n) is 1.76. The van der Waals surface area contributed by atoms with Gasteiger partial charge < -0.3 is 20.9 Å². The molecule has 1 aromatic carbocycles. The van der Waals surface area contributed by atoms with E-state index < -0.39 is 18.1 Å². The summed E-state index contributed by atoms with van der Waals surface area (Å²) in [4.78, 5) is 24.7. The highest BCUT2D eigenvalue weighted by molar-refractivity contribution is 5.72. The summed E-state index contributed by atoms with van der Waals surface area (Å²) >= 11 is 0. The molecule has 0 fully saturated rings. The van der Waals surface area contributed by atoms with E-state index in [2.05, 4.69) is 15.3 Å². The quantitative estimate of drug-likeness (QED) is 0.276. The molecule has 1 atom stereocenters. The number of aliphatic carboxylic acids is 1. The van der Waals surface area contributed by atoms with Crippen molar-refractivity contribution < 1.29 is 19.4 Å². The summed E-state index contributed by atoms with van der Waals surface area (Å²) in [6.45, 7) is 0.439. The topological polar surface area (TPSA) is 150 Å². The summed E-state index contributed by atoms with van der Waals surface area (Å²) in [5.41, 5.74) is 14.9. The number of unbranched alkanes of at least 4 members (excludes halogenated alkanes) is 1. The van der Waals surface area contributed by atoms with Gasteiger partial charge in [0, 0.05) is 17.1 Å². The third kappa shape index (κ3) is 7.70. The summed E-state index contributed by atoms with van der Waals surface area (Å²) in [5.74, 6) is -1.03. The van der Waals surface area contributed by atoms with E-state index >= 15 is 0 Å². The lowest BCUT2D eigenvalue weighted by Gasteiger charge is -2.08. The number of carboxylic acid groups (broad SMARTS) is 1. The van der Waals surface area contributed by atoms with Crippen LogP contribution in [0.4, 0.5) is 10.5 Å². The zero-order chi connectivity index (χ0) is 17.1. The first kappa shape index (κ1) is 18.3. The van der Waals surface area contributed by atoms with Gasteiger partial charge in [0.2, 0.25) is 0 Å². The number of carbonyl (C=O) groups is 2. The molecule has 9 nitrogen and oxygen atoms in total. The van der Waals surface area contributed by atoms with Gasteiger partial charge in [-0.3, -0.25) is 4.79 Å². The van der Waals surface area contributed by atoms with Gasteiger partial charge >= 0.3 is 12.1 Å². The van der Waals surface area contributed by atoms with Crippen molar-refractivity contribution in [1.82, 2.24) is 5.32 Å². The zero-order valence-corrected chi connectivity index (χ0v) is 12.5. The Labute approximate surface area is 133 Å². The smallest absolute Gasteiger partial charge is 0.407 e. The Morgan fingerprint density at radius 2 is 2.22 bits per heavy atom. The summed E-state index contributed by atoms with van der Waals surface area (Å²) in [5, 5.41) is 14.6. The van der Waals surface area contributed by atoms with E-state index in [4.69, 9.17) is 21.1 Å². The van der Waals surface area contributed by atoms with Crippen LogP contribution in [0.1, 0.15) is 24.8 Å². The van der Waals surface area contributed by atoms with Crippen molar-refractivity contribution in [1.29, 1.82) is 0 Å². The third-order valence-corrected chi connectivity index (χ3v) is 2.97. The molecule has 1 aromatic rings. The first-order chi connectivity index (χ1) is 11.0. The van der Waals surface area contributed by atoms with Crippen molar-refractivity contribution in [3.8, 4) is 0 Å². The molecule has 0 aliphatic rings. The maximum Gasteiger partial charge on any atom is 0.407 e. The Morgan fingerprint density at radius 3 is 2.91 bits per heavy atom. The number of ether oxygens (including phenoxy) is 1. The van der Waals surface area contributed by atoms with Crippen LogP contribution >= 0.6 is 0 Å². The second-order valence-corrected chi connectivity index (χ2v) is 4.80. The molecular weight excluding hydrogens is 302 g/mol. The van der Waals surface area contributed by atoms with E-state index in [1.54, 1.807) is 24.3 Å². The number of nitrogens with two attached hydrogens (primary N) is 1. The normalized spacial score (nSPS) is 11.2. The van der Waals surface area contributed by atoms with Gasteiger partial charge in [0.15, 0.2) is 0 Å². The molecule has 0 saturated carbocycles. The van der Waals surface area contributed by atoms with Crippen molar-refractivity contribution >= 4 is 17.7 Å². The highest BCUT2D eigenvalue weighted by atomic mass is 16.5. The Kier molecular flexibility index (Phi) is 7.98. The molecule has 23 heavy (non-hydrogen) atoms. The number of carboxylic acids is 1. The van der Waals surface area contributed by atoms with Gasteiger partial charge in [-0.05, 0) is 36.4 Å². The largest absolute Gasteiger partial charge is 0.480 e. The lowest BCUT2D eigenvalue weighted by molar-refractivity contribution is -0.138.